The van der Waals surface area contributed by atoms with Crippen LogP contribution in [0.3, 0.4) is 0 Å². The monoisotopic (exact) mass is 376 g/mol. The maximum Gasteiger partial charge on any atom is 0.217 e. The molecule has 1 aromatic carbocycles. The van der Waals surface area contributed by atoms with Gasteiger partial charge in [0.1, 0.15) is 11.6 Å². The second-order valence-corrected chi connectivity index (χ2v) is 7.85. The molecule has 0 saturated carbocycles. The molecular weight excluding hydrogens is 348 g/mol. The summed E-state index contributed by atoms with van der Waals surface area (Å²) in [5, 5.41) is 9.41. The van der Waals surface area contributed by atoms with Gasteiger partial charge in [0.2, 0.25) is 5.91 Å². The van der Waals surface area contributed by atoms with Gasteiger partial charge in [0.25, 0.3) is 0 Å². The Balaban J connectivity index is 1.96. The molecule has 2 aromatic rings. The Labute approximate surface area is 159 Å². The van der Waals surface area contributed by atoms with E-state index < -0.39 is 0 Å². The van der Waals surface area contributed by atoms with Crippen molar-refractivity contribution in [2.24, 2.45) is 11.7 Å². The topological polar surface area (TPSA) is 83.0 Å². The first kappa shape index (κ1) is 20.3. The van der Waals surface area contributed by atoms with Crippen molar-refractivity contribution in [2.45, 2.75) is 52.2 Å². The molecule has 26 heavy (non-hydrogen) atoms. The first-order chi connectivity index (χ1) is 12.4. The number of benzene rings is 1. The molecule has 0 unspecified atom stereocenters. The fraction of sp³-hybridized carbons (Fsp3) is 0.526. The van der Waals surface area contributed by atoms with E-state index in [-0.39, 0.29) is 12.3 Å². The minimum absolute atomic E-state index is 0.288. The van der Waals surface area contributed by atoms with Crippen LogP contribution in [0.5, 0.6) is 5.75 Å². The SMILES string of the molecule is Cc1cccc(C)c1OCCSc1nnc(CCC(N)=O)n1CC(C)C. The summed E-state index contributed by atoms with van der Waals surface area (Å²) in [4.78, 5) is 11.1. The third-order valence-electron chi connectivity index (χ3n) is 3.91. The Morgan fingerprint density at radius 3 is 2.58 bits per heavy atom. The molecule has 1 aromatic heterocycles. The number of ether oxygens (including phenoxy) is 1. The number of thioether (sulfide) groups is 1. The van der Waals surface area contributed by atoms with E-state index in [1.807, 2.05) is 6.07 Å². The molecule has 0 bridgehead atoms. The van der Waals surface area contributed by atoms with Gasteiger partial charge in [0.15, 0.2) is 5.16 Å². The molecule has 7 heteroatoms. The Hall–Kier alpha value is -2.02. The van der Waals surface area contributed by atoms with Gasteiger partial charge in [-0.2, -0.15) is 0 Å². The van der Waals surface area contributed by atoms with Crippen LogP contribution in [-0.2, 0) is 17.8 Å². The molecule has 2 rings (SSSR count). The number of carbonyl (C=O) groups excluding carboxylic acids is 1. The maximum atomic E-state index is 11.1. The van der Waals surface area contributed by atoms with E-state index in [1.54, 1.807) is 11.8 Å². The number of rotatable bonds is 10. The molecule has 1 amide bonds. The molecule has 0 spiro atoms. The van der Waals surface area contributed by atoms with Crippen molar-refractivity contribution < 1.29 is 9.53 Å². The molecule has 6 nitrogen and oxygen atoms in total. The summed E-state index contributed by atoms with van der Waals surface area (Å²) in [5.74, 6) is 2.69. The van der Waals surface area contributed by atoms with Crippen LogP contribution in [0, 0.1) is 19.8 Å². The lowest BCUT2D eigenvalue weighted by Gasteiger charge is -2.13. The quantitative estimate of drug-likeness (QED) is 0.509. The molecule has 2 N–H and O–H groups in total. The summed E-state index contributed by atoms with van der Waals surface area (Å²) in [6, 6.07) is 6.15. The van der Waals surface area contributed by atoms with E-state index in [2.05, 4.69) is 54.6 Å². The predicted octanol–water partition coefficient (Wildman–Crippen LogP) is 3.14. The van der Waals surface area contributed by atoms with Crippen molar-refractivity contribution in [3.8, 4) is 5.75 Å². The fourth-order valence-corrected chi connectivity index (χ4v) is 3.48. The second-order valence-electron chi connectivity index (χ2n) is 6.79. The molecule has 0 atom stereocenters. The molecular formula is C19H28N4O2S. The minimum atomic E-state index is -0.319. The molecule has 0 aliphatic rings. The lowest BCUT2D eigenvalue weighted by molar-refractivity contribution is -0.118. The van der Waals surface area contributed by atoms with Crippen molar-refractivity contribution in [2.75, 3.05) is 12.4 Å². The normalized spacial score (nSPS) is 11.1. The van der Waals surface area contributed by atoms with Gasteiger partial charge in [-0.15, -0.1) is 10.2 Å². The highest BCUT2D eigenvalue weighted by Crippen LogP contribution is 2.24. The predicted molar refractivity (Wildman–Crippen MR) is 105 cm³/mol. The van der Waals surface area contributed by atoms with Gasteiger partial charge in [-0.25, -0.2) is 0 Å². The second kappa shape index (κ2) is 9.62. The van der Waals surface area contributed by atoms with E-state index in [0.717, 1.165) is 40.2 Å². The Bertz CT molecular complexity index is 723. The van der Waals surface area contributed by atoms with Crippen molar-refractivity contribution in [3.63, 3.8) is 0 Å². The minimum Gasteiger partial charge on any atom is -0.492 e. The Morgan fingerprint density at radius 2 is 1.96 bits per heavy atom. The van der Waals surface area contributed by atoms with Gasteiger partial charge in [-0.05, 0) is 30.9 Å². The molecule has 0 saturated heterocycles. The summed E-state index contributed by atoms with van der Waals surface area (Å²) in [6.45, 7) is 9.83. The highest BCUT2D eigenvalue weighted by molar-refractivity contribution is 7.99. The third kappa shape index (κ3) is 5.76. The van der Waals surface area contributed by atoms with E-state index in [0.29, 0.717) is 18.9 Å². The summed E-state index contributed by atoms with van der Waals surface area (Å²) in [5.41, 5.74) is 7.55. The van der Waals surface area contributed by atoms with Gasteiger partial charge in [0.05, 0.1) is 6.61 Å². The van der Waals surface area contributed by atoms with Crippen LogP contribution in [0.1, 0.15) is 37.2 Å². The Kier molecular flexibility index (Phi) is 7.50. The zero-order valence-corrected chi connectivity index (χ0v) is 16.8. The highest BCUT2D eigenvalue weighted by atomic mass is 32.2. The maximum absolute atomic E-state index is 11.1. The number of amides is 1. The van der Waals surface area contributed by atoms with Gasteiger partial charge < -0.3 is 15.0 Å². The molecule has 142 valence electrons. The first-order valence-electron chi connectivity index (χ1n) is 8.90. The van der Waals surface area contributed by atoms with Crippen molar-refractivity contribution in [3.05, 3.63) is 35.2 Å². The highest BCUT2D eigenvalue weighted by Gasteiger charge is 2.14. The van der Waals surface area contributed by atoms with Crippen LogP contribution in [0.25, 0.3) is 0 Å². The number of nitrogens with zero attached hydrogens (tertiary/aromatic N) is 3. The van der Waals surface area contributed by atoms with Crippen LogP contribution in [-0.4, -0.2) is 33.0 Å². The first-order valence-corrected chi connectivity index (χ1v) is 9.89. The molecule has 0 radical (unpaired) electrons. The summed E-state index contributed by atoms with van der Waals surface area (Å²) >= 11 is 1.62. The van der Waals surface area contributed by atoms with Gasteiger partial charge in [0, 0.05) is 25.1 Å². The largest absolute Gasteiger partial charge is 0.492 e. The van der Waals surface area contributed by atoms with E-state index in [1.165, 1.54) is 0 Å². The average molecular weight is 377 g/mol. The van der Waals surface area contributed by atoms with E-state index in [4.69, 9.17) is 10.5 Å². The standard InChI is InChI=1S/C19H28N4O2S/c1-13(2)12-23-17(9-8-16(20)24)21-22-19(23)26-11-10-25-18-14(3)6-5-7-15(18)4/h5-7,13H,8-12H2,1-4H3,(H2,20,24). The number of aryl methyl sites for hydroxylation is 3. The fourth-order valence-electron chi connectivity index (χ4n) is 2.70. The lowest BCUT2D eigenvalue weighted by atomic mass is 10.1. The molecule has 0 aliphatic carbocycles. The summed E-state index contributed by atoms with van der Waals surface area (Å²) < 4.78 is 8.05. The van der Waals surface area contributed by atoms with Gasteiger partial charge >= 0.3 is 0 Å². The Morgan fingerprint density at radius 1 is 1.27 bits per heavy atom. The number of hydrogen-bond acceptors (Lipinski definition) is 5. The van der Waals surface area contributed by atoms with E-state index >= 15 is 0 Å². The van der Waals surface area contributed by atoms with Crippen LogP contribution in [0.15, 0.2) is 23.4 Å². The average Bonchev–Trinajstić information content (AvgIpc) is 2.93. The zero-order valence-electron chi connectivity index (χ0n) is 16.0. The summed E-state index contributed by atoms with van der Waals surface area (Å²) in [6.07, 6.45) is 0.811. The number of hydrogen-bond donors (Lipinski definition) is 1. The van der Waals surface area contributed by atoms with Crippen LogP contribution in [0.4, 0.5) is 0 Å². The third-order valence-corrected chi connectivity index (χ3v) is 4.84. The van der Waals surface area contributed by atoms with Crippen molar-refractivity contribution in [1.82, 2.24) is 14.8 Å². The van der Waals surface area contributed by atoms with Gasteiger partial charge in [-0.1, -0.05) is 43.8 Å². The summed E-state index contributed by atoms with van der Waals surface area (Å²) in [7, 11) is 0. The lowest BCUT2D eigenvalue weighted by Crippen LogP contribution is -2.15. The van der Waals surface area contributed by atoms with Crippen LogP contribution >= 0.6 is 11.8 Å². The molecule has 0 aliphatic heterocycles. The number of carbonyl (C=O) groups is 1. The smallest absolute Gasteiger partial charge is 0.217 e. The van der Waals surface area contributed by atoms with Crippen molar-refractivity contribution in [1.29, 1.82) is 0 Å². The van der Waals surface area contributed by atoms with Crippen LogP contribution < -0.4 is 10.5 Å². The molecule has 0 fully saturated rings. The van der Waals surface area contributed by atoms with E-state index in [9.17, 15) is 4.79 Å². The number of nitrogens with two attached hydrogens (primary N) is 1. The van der Waals surface area contributed by atoms with Crippen molar-refractivity contribution >= 4 is 17.7 Å². The van der Waals surface area contributed by atoms with Crippen LogP contribution in [0.2, 0.25) is 0 Å². The number of para-hydroxylation sites is 1. The number of primary amides is 1. The zero-order chi connectivity index (χ0) is 19.1. The number of aromatic nitrogens is 3. The van der Waals surface area contributed by atoms with Gasteiger partial charge in [-0.3, -0.25) is 4.79 Å². The molecule has 1 heterocycles.